The Bertz CT molecular complexity index is 638. The first kappa shape index (κ1) is 15.0. The first-order chi connectivity index (χ1) is 10.0. The third-order valence-electron chi connectivity index (χ3n) is 3.10. The molecule has 0 aliphatic rings. The number of rotatable bonds is 5. The Morgan fingerprint density at radius 2 is 1.90 bits per heavy atom. The molecule has 0 unspecified atom stereocenters. The number of amides is 1. The Hall–Kier alpha value is -2.36. The van der Waals surface area contributed by atoms with Gasteiger partial charge in [-0.25, -0.2) is 4.98 Å². The topological polar surface area (TPSA) is 51.2 Å². The van der Waals surface area contributed by atoms with E-state index in [1.54, 1.807) is 6.20 Å². The number of benzene rings is 1. The minimum absolute atomic E-state index is 0.0992. The third-order valence-corrected chi connectivity index (χ3v) is 3.10. The van der Waals surface area contributed by atoms with Crippen LogP contribution in [0.3, 0.4) is 0 Å². The molecule has 1 heterocycles. The summed E-state index contributed by atoms with van der Waals surface area (Å²) in [5, 5.41) is 2.76. The number of carbonyl (C=O) groups excluding carboxylic acids is 1. The molecule has 110 valence electrons. The van der Waals surface area contributed by atoms with Gasteiger partial charge in [0.1, 0.15) is 11.6 Å². The van der Waals surface area contributed by atoms with Crippen molar-refractivity contribution < 1.29 is 9.53 Å². The van der Waals surface area contributed by atoms with E-state index in [-0.39, 0.29) is 5.91 Å². The number of hydrogen-bond acceptors (Lipinski definition) is 3. The van der Waals surface area contributed by atoms with Gasteiger partial charge in [-0.3, -0.25) is 4.79 Å². The number of ether oxygens (including phenoxy) is 1. The largest absolute Gasteiger partial charge is 0.493 e. The van der Waals surface area contributed by atoms with Crippen molar-refractivity contribution in [2.75, 3.05) is 11.9 Å². The SMILES string of the molecule is Cc1ccnc(NC(=O)CCOc2ccc(C)cc2C)c1. The molecule has 0 bridgehead atoms. The van der Waals surface area contributed by atoms with Crippen LogP contribution in [-0.4, -0.2) is 17.5 Å². The molecule has 21 heavy (non-hydrogen) atoms. The van der Waals surface area contributed by atoms with Crippen molar-refractivity contribution >= 4 is 11.7 Å². The van der Waals surface area contributed by atoms with Crippen LogP contribution in [0.15, 0.2) is 36.5 Å². The Balaban J connectivity index is 1.81. The molecule has 0 spiro atoms. The normalized spacial score (nSPS) is 10.2. The van der Waals surface area contributed by atoms with E-state index in [1.807, 2.05) is 45.0 Å². The van der Waals surface area contributed by atoms with Gasteiger partial charge in [-0.15, -0.1) is 0 Å². The number of pyridine rings is 1. The first-order valence-corrected chi connectivity index (χ1v) is 6.97. The van der Waals surface area contributed by atoms with Crippen LogP contribution in [0.4, 0.5) is 5.82 Å². The molecule has 1 N–H and O–H groups in total. The summed E-state index contributed by atoms with van der Waals surface area (Å²) in [4.78, 5) is 15.9. The van der Waals surface area contributed by atoms with E-state index in [0.29, 0.717) is 18.8 Å². The van der Waals surface area contributed by atoms with Crippen molar-refractivity contribution in [2.45, 2.75) is 27.2 Å². The molecule has 0 radical (unpaired) electrons. The first-order valence-electron chi connectivity index (χ1n) is 6.97. The fraction of sp³-hybridized carbons (Fsp3) is 0.294. The predicted molar refractivity (Wildman–Crippen MR) is 83.6 cm³/mol. The van der Waals surface area contributed by atoms with Crippen LogP contribution in [0.2, 0.25) is 0 Å². The van der Waals surface area contributed by atoms with Gasteiger partial charge in [-0.1, -0.05) is 17.7 Å². The summed E-state index contributed by atoms with van der Waals surface area (Å²) < 4.78 is 5.64. The second-order valence-electron chi connectivity index (χ2n) is 5.13. The van der Waals surface area contributed by atoms with Gasteiger partial charge < -0.3 is 10.1 Å². The van der Waals surface area contributed by atoms with Crippen LogP contribution in [0.5, 0.6) is 5.75 Å². The van der Waals surface area contributed by atoms with Gasteiger partial charge in [-0.05, 0) is 50.1 Å². The zero-order chi connectivity index (χ0) is 15.2. The summed E-state index contributed by atoms with van der Waals surface area (Å²) in [6, 6.07) is 9.72. The highest BCUT2D eigenvalue weighted by Crippen LogP contribution is 2.18. The maximum Gasteiger partial charge on any atom is 0.228 e. The molecule has 0 aliphatic carbocycles. The average Bonchev–Trinajstić information content (AvgIpc) is 2.41. The van der Waals surface area contributed by atoms with E-state index in [2.05, 4.69) is 16.4 Å². The van der Waals surface area contributed by atoms with Crippen molar-refractivity contribution in [3.05, 3.63) is 53.2 Å². The lowest BCUT2D eigenvalue weighted by Crippen LogP contribution is -2.16. The van der Waals surface area contributed by atoms with Crippen molar-refractivity contribution in [1.82, 2.24) is 4.98 Å². The van der Waals surface area contributed by atoms with Gasteiger partial charge in [0.15, 0.2) is 0 Å². The molecule has 2 rings (SSSR count). The number of aryl methyl sites for hydroxylation is 3. The lowest BCUT2D eigenvalue weighted by Gasteiger charge is -2.10. The molecule has 4 heteroatoms. The summed E-state index contributed by atoms with van der Waals surface area (Å²) in [6.07, 6.45) is 1.97. The second kappa shape index (κ2) is 6.88. The summed E-state index contributed by atoms with van der Waals surface area (Å²) in [6.45, 7) is 6.35. The molecule has 1 aromatic heterocycles. The smallest absolute Gasteiger partial charge is 0.228 e. The second-order valence-corrected chi connectivity index (χ2v) is 5.13. The lowest BCUT2D eigenvalue weighted by atomic mass is 10.1. The van der Waals surface area contributed by atoms with Crippen molar-refractivity contribution in [3.63, 3.8) is 0 Å². The van der Waals surface area contributed by atoms with E-state index in [4.69, 9.17) is 4.74 Å². The highest BCUT2D eigenvalue weighted by Gasteiger charge is 2.05. The quantitative estimate of drug-likeness (QED) is 0.915. The minimum Gasteiger partial charge on any atom is -0.493 e. The fourth-order valence-corrected chi connectivity index (χ4v) is 2.02. The molecule has 0 atom stereocenters. The summed E-state index contributed by atoms with van der Waals surface area (Å²) in [5.41, 5.74) is 3.34. The molecular formula is C17H20N2O2. The molecular weight excluding hydrogens is 264 g/mol. The molecule has 4 nitrogen and oxygen atoms in total. The molecule has 1 aromatic carbocycles. The average molecular weight is 284 g/mol. The highest BCUT2D eigenvalue weighted by molar-refractivity contribution is 5.89. The van der Waals surface area contributed by atoms with Gasteiger partial charge in [0.05, 0.1) is 13.0 Å². The molecule has 0 saturated heterocycles. The zero-order valence-corrected chi connectivity index (χ0v) is 12.6. The van der Waals surface area contributed by atoms with E-state index < -0.39 is 0 Å². The fourth-order valence-electron chi connectivity index (χ4n) is 2.02. The standard InChI is InChI=1S/C17H20N2O2/c1-12-4-5-15(14(3)10-12)21-9-7-17(20)19-16-11-13(2)6-8-18-16/h4-6,8,10-11H,7,9H2,1-3H3,(H,18,19,20). The number of anilines is 1. The van der Waals surface area contributed by atoms with E-state index in [0.717, 1.165) is 16.9 Å². The molecule has 2 aromatic rings. The van der Waals surface area contributed by atoms with Crippen molar-refractivity contribution in [1.29, 1.82) is 0 Å². The van der Waals surface area contributed by atoms with Crippen LogP contribution >= 0.6 is 0 Å². The van der Waals surface area contributed by atoms with Gasteiger partial charge in [0.25, 0.3) is 0 Å². The Morgan fingerprint density at radius 1 is 1.14 bits per heavy atom. The van der Waals surface area contributed by atoms with E-state index in [9.17, 15) is 4.79 Å². The van der Waals surface area contributed by atoms with Crippen molar-refractivity contribution in [2.24, 2.45) is 0 Å². The Labute approximate surface area is 125 Å². The van der Waals surface area contributed by atoms with Crippen LogP contribution in [0.25, 0.3) is 0 Å². The number of hydrogen-bond donors (Lipinski definition) is 1. The number of nitrogens with one attached hydrogen (secondary N) is 1. The summed E-state index contributed by atoms with van der Waals surface area (Å²) >= 11 is 0. The predicted octanol–water partition coefficient (Wildman–Crippen LogP) is 3.41. The number of nitrogens with zero attached hydrogens (tertiary/aromatic N) is 1. The highest BCUT2D eigenvalue weighted by atomic mass is 16.5. The molecule has 0 saturated carbocycles. The Kier molecular flexibility index (Phi) is 4.93. The van der Waals surface area contributed by atoms with Gasteiger partial charge in [0, 0.05) is 6.20 Å². The lowest BCUT2D eigenvalue weighted by molar-refractivity contribution is -0.116. The monoisotopic (exact) mass is 284 g/mol. The zero-order valence-electron chi connectivity index (χ0n) is 12.6. The maximum atomic E-state index is 11.8. The summed E-state index contributed by atoms with van der Waals surface area (Å²) in [5.74, 6) is 1.30. The molecule has 0 aliphatic heterocycles. The number of aromatic nitrogens is 1. The van der Waals surface area contributed by atoms with E-state index in [1.165, 1.54) is 5.56 Å². The molecule has 1 amide bonds. The van der Waals surface area contributed by atoms with Crippen LogP contribution in [-0.2, 0) is 4.79 Å². The van der Waals surface area contributed by atoms with Crippen molar-refractivity contribution in [3.8, 4) is 5.75 Å². The van der Waals surface area contributed by atoms with Gasteiger partial charge in [-0.2, -0.15) is 0 Å². The van der Waals surface area contributed by atoms with E-state index >= 15 is 0 Å². The van der Waals surface area contributed by atoms with Crippen LogP contribution < -0.4 is 10.1 Å². The third kappa shape index (κ3) is 4.60. The maximum absolute atomic E-state index is 11.8. The number of carbonyl (C=O) groups is 1. The minimum atomic E-state index is -0.0992. The van der Waals surface area contributed by atoms with Crippen LogP contribution in [0, 0.1) is 20.8 Å². The van der Waals surface area contributed by atoms with Gasteiger partial charge in [0.2, 0.25) is 5.91 Å². The summed E-state index contributed by atoms with van der Waals surface area (Å²) in [7, 11) is 0. The van der Waals surface area contributed by atoms with Crippen LogP contribution in [0.1, 0.15) is 23.1 Å². The van der Waals surface area contributed by atoms with Gasteiger partial charge >= 0.3 is 0 Å². The Morgan fingerprint density at radius 3 is 2.62 bits per heavy atom. The molecule has 0 fully saturated rings.